The minimum atomic E-state index is 0.220. The lowest BCUT2D eigenvalue weighted by Gasteiger charge is -2.10. The molecule has 0 amide bonds. The second-order valence-electron chi connectivity index (χ2n) is 3.34. The summed E-state index contributed by atoms with van der Waals surface area (Å²) >= 11 is 5.81. The highest BCUT2D eigenvalue weighted by molar-refractivity contribution is 6.32. The zero-order valence-corrected chi connectivity index (χ0v) is 8.31. The molecule has 1 N–H and O–H groups in total. The fraction of sp³-hybridized carbons (Fsp3) is 0.400. The molecule has 0 aliphatic carbocycles. The van der Waals surface area contributed by atoms with Gasteiger partial charge < -0.3 is 5.11 Å². The van der Waals surface area contributed by atoms with E-state index in [9.17, 15) is 5.11 Å². The standard InChI is InChI=1S/C10H13ClO/c1-6(2)8-4-7(3)5-9(11)10(8)12/h4-6,12H,1-3H3. The molecular formula is C10H13ClO. The van der Waals surface area contributed by atoms with E-state index in [-0.39, 0.29) is 5.75 Å². The normalized spacial score (nSPS) is 10.8. The number of phenolic OH excluding ortho intramolecular Hbond substituents is 1. The van der Waals surface area contributed by atoms with Crippen molar-refractivity contribution >= 4 is 11.6 Å². The summed E-state index contributed by atoms with van der Waals surface area (Å²) in [7, 11) is 0. The van der Waals surface area contributed by atoms with E-state index in [0.29, 0.717) is 10.9 Å². The Bertz CT molecular complexity index is 292. The third-order valence-electron chi connectivity index (χ3n) is 1.86. The van der Waals surface area contributed by atoms with Crippen molar-refractivity contribution in [1.82, 2.24) is 0 Å². The van der Waals surface area contributed by atoms with Crippen LogP contribution in [0.4, 0.5) is 0 Å². The summed E-state index contributed by atoms with van der Waals surface area (Å²) in [6.45, 7) is 6.03. The van der Waals surface area contributed by atoms with E-state index in [4.69, 9.17) is 11.6 Å². The van der Waals surface area contributed by atoms with Gasteiger partial charge in [0.05, 0.1) is 5.02 Å². The Morgan fingerprint density at radius 1 is 1.33 bits per heavy atom. The predicted molar refractivity (Wildman–Crippen MR) is 51.9 cm³/mol. The first-order valence-corrected chi connectivity index (χ1v) is 4.39. The molecule has 2 heteroatoms. The van der Waals surface area contributed by atoms with Crippen molar-refractivity contribution in [1.29, 1.82) is 0 Å². The van der Waals surface area contributed by atoms with Crippen LogP contribution < -0.4 is 0 Å². The zero-order valence-electron chi connectivity index (χ0n) is 7.56. The highest BCUT2D eigenvalue weighted by Crippen LogP contribution is 2.33. The van der Waals surface area contributed by atoms with Gasteiger partial charge in [0.15, 0.2) is 0 Å². The van der Waals surface area contributed by atoms with Gasteiger partial charge in [-0.1, -0.05) is 31.5 Å². The van der Waals surface area contributed by atoms with E-state index >= 15 is 0 Å². The van der Waals surface area contributed by atoms with Gasteiger partial charge in [-0.3, -0.25) is 0 Å². The van der Waals surface area contributed by atoms with Crippen molar-refractivity contribution in [2.24, 2.45) is 0 Å². The van der Waals surface area contributed by atoms with Crippen LogP contribution in [0.3, 0.4) is 0 Å². The van der Waals surface area contributed by atoms with Gasteiger partial charge in [0.2, 0.25) is 0 Å². The number of hydrogen-bond donors (Lipinski definition) is 1. The van der Waals surface area contributed by atoms with Gasteiger partial charge in [0, 0.05) is 0 Å². The maximum absolute atomic E-state index is 9.56. The molecule has 66 valence electrons. The van der Waals surface area contributed by atoms with Crippen LogP contribution in [0.5, 0.6) is 5.75 Å². The second kappa shape index (κ2) is 3.36. The molecule has 0 bridgehead atoms. The molecule has 0 fully saturated rings. The van der Waals surface area contributed by atoms with Crippen LogP contribution in [0, 0.1) is 6.92 Å². The van der Waals surface area contributed by atoms with Crippen LogP contribution >= 0.6 is 11.6 Å². The molecule has 0 aliphatic rings. The lowest BCUT2D eigenvalue weighted by molar-refractivity contribution is 0.465. The van der Waals surface area contributed by atoms with Crippen molar-refractivity contribution in [3.63, 3.8) is 0 Å². The third-order valence-corrected chi connectivity index (χ3v) is 2.15. The van der Waals surface area contributed by atoms with Crippen molar-refractivity contribution < 1.29 is 5.11 Å². The zero-order chi connectivity index (χ0) is 9.30. The summed E-state index contributed by atoms with van der Waals surface area (Å²) in [4.78, 5) is 0. The van der Waals surface area contributed by atoms with E-state index in [1.165, 1.54) is 0 Å². The Balaban J connectivity index is 3.28. The van der Waals surface area contributed by atoms with Crippen LogP contribution in [0.1, 0.15) is 30.9 Å². The topological polar surface area (TPSA) is 20.2 Å². The van der Waals surface area contributed by atoms with Crippen molar-refractivity contribution in [2.45, 2.75) is 26.7 Å². The Labute approximate surface area is 78.0 Å². The van der Waals surface area contributed by atoms with Crippen LogP contribution in [0.25, 0.3) is 0 Å². The first kappa shape index (κ1) is 9.40. The molecule has 1 aromatic rings. The highest BCUT2D eigenvalue weighted by atomic mass is 35.5. The molecule has 0 heterocycles. The SMILES string of the molecule is Cc1cc(Cl)c(O)c(C(C)C)c1. The Morgan fingerprint density at radius 3 is 2.42 bits per heavy atom. The monoisotopic (exact) mass is 184 g/mol. The van der Waals surface area contributed by atoms with Crippen molar-refractivity contribution in [2.75, 3.05) is 0 Å². The highest BCUT2D eigenvalue weighted by Gasteiger charge is 2.09. The molecule has 0 saturated heterocycles. The predicted octanol–water partition coefficient (Wildman–Crippen LogP) is 3.48. The van der Waals surface area contributed by atoms with E-state index in [0.717, 1.165) is 11.1 Å². The molecule has 0 aromatic heterocycles. The fourth-order valence-electron chi connectivity index (χ4n) is 1.20. The largest absolute Gasteiger partial charge is 0.506 e. The molecule has 0 atom stereocenters. The molecule has 0 spiro atoms. The molecule has 1 aromatic carbocycles. The average molecular weight is 185 g/mol. The first-order chi connectivity index (χ1) is 5.52. The van der Waals surface area contributed by atoms with Crippen LogP contribution in [-0.4, -0.2) is 5.11 Å². The number of hydrogen-bond acceptors (Lipinski definition) is 1. The molecule has 12 heavy (non-hydrogen) atoms. The number of halogens is 1. The Hall–Kier alpha value is -0.690. The summed E-state index contributed by atoms with van der Waals surface area (Å²) in [5, 5.41) is 10.0. The molecule has 1 rings (SSSR count). The molecule has 0 aliphatic heterocycles. The summed E-state index contributed by atoms with van der Waals surface area (Å²) in [6.07, 6.45) is 0. The summed E-state index contributed by atoms with van der Waals surface area (Å²) in [5.74, 6) is 0.527. The van der Waals surface area contributed by atoms with E-state index in [1.54, 1.807) is 6.07 Å². The molecular weight excluding hydrogens is 172 g/mol. The number of rotatable bonds is 1. The van der Waals surface area contributed by atoms with Crippen molar-refractivity contribution in [3.8, 4) is 5.75 Å². The van der Waals surface area contributed by atoms with Gasteiger partial charge in [-0.2, -0.15) is 0 Å². The van der Waals surface area contributed by atoms with Gasteiger partial charge in [0.1, 0.15) is 5.75 Å². The average Bonchev–Trinajstić information content (AvgIpc) is 1.96. The number of phenols is 1. The number of aryl methyl sites for hydroxylation is 1. The lowest BCUT2D eigenvalue weighted by Crippen LogP contribution is -1.89. The van der Waals surface area contributed by atoms with E-state index in [1.807, 2.05) is 26.8 Å². The van der Waals surface area contributed by atoms with E-state index < -0.39 is 0 Å². The fourth-order valence-corrected chi connectivity index (χ4v) is 1.48. The third kappa shape index (κ3) is 1.72. The quantitative estimate of drug-likeness (QED) is 0.709. The van der Waals surface area contributed by atoms with Crippen LogP contribution in [0.2, 0.25) is 5.02 Å². The maximum Gasteiger partial charge on any atom is 0.137 e. The number of aromatic hydroxyl groups is 1. The van der Waals surface area contributed by atoms with Gasteiger partial charge >= 0.3 is 0 Å². The molecule has 0 radical (unpaired) electrons. The summed E-state index contributed by atoms with van der Waals surface area (Å²) < 4.78 is 0. The van der Waals surface area contributed by atoms with Gasteiger partial charge in [-0.15, -0.1) is 0 Å². The van der Waals surface area contributed by atoms with Crippen LogP contribution in [-0.2, 0) is 0 Å². The smallest absolute Gasteiger partial charge is 0.137 e. The molecule has 0 unspecified atom stereocenters. The summed E-state index contributed by atoms with van der Waals surface area (Å²) in [6, 6.07) is 3.73. The minimum absolute atomic E-state index is 0.220. The minimum Gasteiger partial charge on any atom is -0.506 e. The van der Waals surface area contributed by atoms with Crippen molar-refractivity contribution in [3.05, 3.63) is 28.3 Å². The molecule has 1 nitrogen and oxygen atoms in total. The van der Waals surface area contributed by atoms with Crippen LogP contribution in [0.15, 0.2) is 12.1 Å². The second-order valence-corrected chi connectivity index (χ2v) is 3.75. The first-order valence-electron chi connectivity index (χ1n) is 4.01. The Kier molecular flexibility index (Phi) is 2.63. The molecule has 0 saturated carbocycles. The van der Waals surface area contributed by atoms with E-state index in [2.05, 4.69) is 0 Å². The summed E-state index contributed by atoms with van der Waals surface area (Å²) in [5.41, 5.74) is 2.00. The maximum atomic E-state index is 9.56. The lowest BCUT2D eigenvalue weighted by atomic mass is 10.0. The van der Waals surface area contributed by atoms with Gasteiger partial charge in [0.25, 0.3) is 0 Å². The van der Waals surface area contributed by atoms with Gasteiger partial charge in [-0.05, 0) is 30.0 Å². The number of benzene rings is 1. The van der Waals surface area contributed by atoms with Gasteiger partial charge in [-0.25, -0.2) is 0 Å². The Morgan fingerprint density at radius 2 is 1.92 bits per heavy atom.